The number of aromatic nitrogens is 1. The van der Waals surface area contributed by atoms with Crippen LogP contribution in [0.1, 0.15) is 31.1 Å². The number of hydrogen-bond donors (Lipinski definition) is 1. The molecule has 0 unspecified atom stereocenters. The van der Waals surface area contributed by atoms with Gasteiger partial charge in [-0.05, 0) is 19.4 Å². The van der Waals surface area contributed by atoms with Crippen LogP contribution in [-0.4, -0.2) is 17.2 Å². The largest absolute Gasteiger partial charge is 0.485 e. The van der Waals surface area contributed by atoms with E-state index in [0.717, 1.165) is 5.56 Å². The fourth-order valence-corrected chi connectivity index (χ4v) is 1.93. The number of nitrogens with zero attached hydrogens (tertiary/aromatic N) is 3. The molecule has 1 heterocycles. The first-order valence-corrected chi connectivity index (χ1v) is 7.19. The number of allylic oxidation sites excluding steroid dienone is 2. The maximum absolute atomic E-state index is 8.87. The summed E-state index contributed by atoms with van der Waals surface area (Å²) < 4.78 is 11.2. The summed E-state index contributed by atoms with van der Waals surface area (Å²) in [5, 5.41) is 8.87. The molecular formula is C17H18N4O2. The quantitative estimate of drug-likeness (QED) is 0.653. The van der Waals surface area contributed by atoms with Gasteiger partial charge in [-0.2, -0.15) is 5.26 Å². The van der Waals surface area contributed by atoms with Gasteiger partial charge in [0.1, 0.15) is 12.7 Å². The minimum atomic E-state index is 0.112. The molecule has 118 valence electrons. The highest BCUT2D eigenvalue weighted by Crippen LogP contribution is 2.16. The molecule has 0 aliphatic heterocycles. The Kier molecular flexibility index (Phi) is 5.53. The second-order valence-corrected chi connectivity index (χ2v) is 4.75. The van der Waals surface area contributed by atoms with Crippen LogP contribution >= 0.6 is 0 Å². The Morgan fingerprint density at radius 1 is 1.39 bits per heavy atom. The normalized spacial score (nSPS) is 12.5. The number of ether oxygens (including phenoxy) is 1. The van der Waals surface area contributed by atoms with Crippen molar-refractivity contribution in [1.82, 2.24) is 4.98 Å². The van der Waals surface area contributed by atoms with Gasteiger partial charge in [0.25, 0.3) is 0 Å². The molecule has 2 rings (SSSR count). The molecule has 2 N–H and O–H groups in total. The van der Waals surface area contributed by atoms with Crippen LogP contribution in [0.25, 0.3) is 0 Å². The van der Waals surface area contributed by atoms with Gasteiger partial charge in [-0.25, -0.2) is 4.98 Å². The molecule has 0 saturated carbocycles. The van der Waals surface area contributed by atoms with Crippen molar-refractivity contribution in [3.05, 3.63) is 65.2 Å². The topological polar surface area (TPSA) is 97.4 Å². The van der Waals surface area contributed by atoms with Gasteiger partial charge in [-0.1, -0.05) is 30.3 Å². The average molecular weight is 310 g/mol. The molecule has 0 atom stereocenters. The van der Waals surface area contributed by atoms with E-state index < -0.39 is 0 Å². The summed E-state index contributed by atoms with van der Waals surface area (Å²) in [5.74, 6) is 0.735. The number of benzene rings is 1. The monoisotopic (exact) mass is 310 g/mol. The van der Waals surface area contributed by atoms with Gasteiger partial charge in [-0.3, -0.25) is 4.99 Å². The zero-order valence-electron chi connectivity index (χ0n) is 13.1. The van der Waals surface area contributed by atoms with Gasteiger partial charge in [0.05, 0.1) is 11.9 Å². The molecule has 6 heteroatoms. The van der Waals surface area contributed by atoms with Crippen molar-refractivity contribution in [2.24, 2.45) is 10.7 Å². The van der Waals surface area contributed by atoms with Crippen molar-refractivity contribution in [3.63, 3.8) is 0 Å². The summed E-state index contributed by atoms with van der Waals surface area (Å²) in [6.07, 6.45) is 1.35. The maximum Gasteiger partial charge on any atom is 0.250 e. The van der Waals surface area contributed by atoms with Gasteiger partial charge in [-0.15, -0.1) is 0 Å². The first-order valence-electron chi connectivity index (χ1n) is 7.19. The Hall–Kier alpha value is -3.07. The molecule has 0 spiro atoms. The summed E-state index contributed by atoms with van der Waals surface area (Å²) >= 11 is 0. The third-order valence-electron chi connectivity index (χ3n) is 2.93. The predicted octanol–water partition coefficient (Wildman–Crippen LogP) is 2.76. The van der Waals surface area contributed by atoms with Crippen LogP contribution in [0.4, 0.5) is 0 Å². The predicted molar refractivity (Wildman–Crippen MR) is 86.4 cm³/mol. The van der Waals surface area contributed by atoms with Gasteiger partial charge >= 0.3 is 0 Å². The van der Waals surface area contributed by atoms with E-state index in [0.29, 0.717) is 30.3 Å². The summed E-state index contributed by atoms with van der Waals surface area (Å²) in [6, 6.07) is 11.6. The highest BCUT2D eigenvalue weighted by atomic mass is 16.5. The molecule has 0 amide bonds. The number of rotatable bonds is 6. The first kappa shape index (κ1) is 16.3. The second kappa shape index (κ2) is 7.80. The van der Waals surface area contributed by atoms with E-state index in [1.807, 2.05) is 43.3 Å². The molecule has 0 saturated heterocycles. The number of nitriles is 1. The third-order valence-corrected chi connectivity index (χ3v) is 2.93. The van der Waals surface area contributed by atoms with E-state index in [4.69, 9.17) is 20.1 Å². The minimum Gasteiger partial charge on any atom is -0.485 e. The molecule has 1 aromatic heterocycles. The lowest BCUT2D eigenvalue weighted by Crippen LogP contribution is -2.15. The molecule has 0 aliphatic carbocycles. The maximum atomic E-state index is 8.87. The number of hydrogen-bond acceptors (Lipinski definition) is 6. The van der Waals surface area contributed by atoms with Crippen molar-refractivity contribution in [2.75, 3.05) is 6.54 Å². The van der Waals surface area contributed by atoms with Crippen molar-refractivity contribution in [3.8, 4) is 6.07 Å². The number of nitrogens with two attached hydrogens (primary N) is 1. The summed E-state index contributed by atoms with van der Waals surface area (Å²) in [5.41, 5.74) is 7.82. The third kappa shape index (κ3) is 4.20. The summed E-state index contributed by atoms with van der Waals surface area (Å²) in [4.78, 5) is 8.44. The lowest BCUT2D eigenvalue weighted by Gasteiger charge is -2.13. The van der Waals surface area contributed by atoms with Crippen LogP contribution < -0.4 is 5.73 Å². The minimum absolute atomic E-state index is 0.112. The van der Waals surface area contributed by atoms with Gasteiger partial charge in [0.15, 0.2) is 11.5 Å². The Morgan fingerprint density at radius 2 is 2.13 bits per heavy atom. The molecule has 23 heavy (non-hydrogen) atoms. The summed E-state index contributed by atoms with van der Waals surface area (Å²) in [6.45, 7) is 4.46. The molecule has 6 nitrogen and oxygen atoms in total. The molecule has 0 aliphatic rings. The second-order valence-electron chi connectivity index (χ2n) is 4.75. The van der Waals surface area contributed by atoms with Crippen LogP contribution in [0.2, 0.25) is 0 Å². The van der Waals surface area contributed by atoms with E-state index >= 15 is 0 Å². The van der Waals surface area contributed by atoms with E-state index in [1.165, 1.54) is 6.20 Å². The van der Waals surface area contributed by atoms with Gasteiger partial charge < -0.3 is 14.9 Å². The standard InChI is InChI=1S/C17H18N4O2/c1-3-20-15(17-21-10-14(9-18)23-17)16(12(2)19)22-11-13-7-5-4-6-8-13/h4-8,10H,3,11,19H2,1-2H3/b16-12+,20-15?. The van der Waals surface area contributed by atoms with Crippen molar-refractivity contribution >= 4 is 5.71 Å². The zero-order valence-corrected chi connectivity index (χ0v) is 13.1. The lowest BCUT2D eigenvalue weighted by atomic mass is 10.2. The molecule has 2 aromatic rings. The molecule has 0 bridgehead atoms. The van der Waals surface area contributed by atoms with Crippen LogP contribution in [-0.2, 0) is 11.3 Å². The SMILES string of the molecule is CCN=C(/C(OCc1ccccc1)=C(/C)N)c1ncc(C#N)o1. The smallest absolute Gasteiger partial charge is 0.250 e. The molecule has 0 fully saturated rings. The van der Waals surface area contributed by atoms with Crippen molar-refractivity contribution in [2.45, 2.75) is 20.5 Å². The fourth-order valence-electron chi connectivity index (χ4n) is 1.93. The fraction of sp³-hybridized carbons (Fsp3) is 0.235. The van der Waals surface area contributed by atoms with Gasteiger partial charge in [0, 0.05) is 6.54 Å². The molecule has 1 aromatic carbocycles. The number of aliphatic imine (C=N–C) groups is 1. The zero-order chi connectivity index (χ0) is 16.7. The number of oxazole rings is 1. The van der Waals surface area contributed by atoms with Crippen LogP contribution in [0, 0.1) is 11.3 Å². The Morgan fingerprint density at radius 3 is 2.70 bits per heavy atom. The van der Waals surface area contributed by atoms with E-state index in [9.17, 15) is 0 Å². The highest BCUT2D eigenvalue weighted by Gasteiger charge is 2.19. The van der Waals surface area contributed by atoms with E-state index in [1.54, 1.807) is 6.92 Å². The summed E-state index contributed by atoms with van der Waals surface area (Å²) in [7, 11) is 0. The highest BCUT2D eigenvalue weighted by molar-refractivity contribution is 6.08. The van der Waals surface area contributed by atoms with Crippen molar-refractivity contribution in [1.29, 1.82) is 5.26 Å². The first-order chi connectivity index (χ1) is 11.2. The van der Waals surface area contributed by atoms with Crippen molar-refractivity contribution < 1.29 is 9.15 Å². The average Bonchev–Trinajstić information content (AvgIpc) is 3.03. The Labute approximate surface area is 134 Å². The molecular weight excluding hydrogens is 292 g/mol. The van der Waals surface area contributed by atoms with E-state index in [2.05, 4.69) is 9.98 Å². The lowest BCUT2D eigenvalue weighted by molar-refractivity contribution is 0.213. The van der Waals surface area contributed by atoms with Crippen LogP contribution in [0.15, 0.2) is 57.4 Å². The van der Waals surface area contributed by atoms with E-state index in [-0.39, 0.29) is 11.7 Å². The van der Waals surface area contributed by atoms with Crippen LogP contribution in [0.3, 0.4) is 0 Å². The van der Waals surface area contributed by atoms with Crippen LogP contribution in [0.5, 0.6) is 0 Å². The Balaban J connectivity index is 2.28. The van der Waals surface area contributed by atoms with Gasteiger partial charge in [0.2, 0.25) is 11.7 Å². The Bertz CT molecular complexity index is 750. The molecule has 0 radical (unpaired) electrons.